The van der Waals surface area contributed by atoms with Gasteiger partial charge in [0.1, 0.15) is 29.4 Å². The molecule has 0 saturated carbocycles. The number of benzene rings is 3. The zero-order chi connectivity index (χ0) is 26.8. The molecule has 0 fully saturated rings. The summed E-state index contributed by atoms with van der Waals surface area (Å²) in [6, 6.07) is 22.6. The molecule has 10 heteroatoms. The Labute approximate surface area is 227 Å². The molecular weight excluding hydrogens is 516 g/mol. The van der Waals surface area contributed by atoms with Gasteiger partial charge in [-0.15, -0.1) is 5.10 Å². The minimum Gasteiger partial charge on any atom is -0.496 e. The fourth-order valence-corrected chi connectivity index (χ4v) is 4.89. The smallest absolute Gasteiger partial charge is 0.294 e. The van der Waals surface area contributed by atoms with E-state index in [4.69, 9.17) is 18.6 Å². The lowest BCUT2D eigenvalue weighted by Crippen LogP contribution is -2.22. The quantitative estimate of drug-likeness (QED) is 0.250. The van der Waals surface area contributed by atoms with Gasteiger partial charge in [-0.05, 0) is 40.7 Å². The van der Waals surface area contributed by atoms with E-state index in [0.717, 1.165) is 16.5 Å². The van der Waals surface area contributed by atoms with Gasteiger partial charge in [0.25, 0.3) is 11.1 Å². The minimum absolute atomic E-state index is 0.112. The second kappa shape index (κ2) is 10.5. The highest BCUT2D eigenvalue weighted by Gasteiger charge is 2.17. The molecule has 3 heterocycles. The number of aromatic nitrogens is 3. The number of hydrogen-bond donors (Lipinski definition) is 1. The third kappa shape index (κ3) is 5.14. The number of fused-ring (bicyclic) bond motifs is 2. The lowest BCUT2D eigenvalue weighted by atomic mass is 10.1. The summed E-state index contributed by atoms with van der Waals surface area (Å²) < 4.78 is 24.7. The summed E-state index contributed by atoms with van der Waals surface area (Å²) in [5.74, 6) is 1.73. The Morgan fingerprint density at radius 2 is 1.85 bits per heavy atom. The molecule has 0 aliphatic rings. The number of carbonyl (C=O) groups is 1. The van der Waals surface area contributed by atoms with Crippen molar-refractivity contribution in [1.29, 1.82) is 0 Å². The molecule has 39 heavy (non-hydrogen) atoms. The first kappa shape index (κ1) is 24.5. The molecule has 0 bridgehead atoms. The van der Waals surface area contributed by atoms with Gasteiger partial charge in [-0.2, -0.15) is 0 Å². The van der Waals surface area contributed by atoms with Crippen LogP contribution >= 0.6 is 11.3 Å². The number of methoxy groups -OCH3 is 2. The molecule has 0 radical (unpaired) electrons. The van der Waals surface area contributed by atoms with Crippen molar-refractivity contribution < 1.29 is 23.4 Å². The predicted octanol–water partition coefficient (Wildman–Crippen LogP) is 5.73. The Balaban J connectivity index is 1.20. The maximum Gasteiger partial charge on any atom is 0.294 e. The first-order valence-electron chi connectivity index (χ1n) is 12.2. The summed E-state index contributed by atoms with van der Waals surface area (Å²) in [7, 11) is 3.18. The number of ether oxygens (including phenoxy) is 3. The molecule has 0 aliphatic heterocycles. The zero-order valence-corrected chi connectivity index (χ0v) is 22.0. The molecule has 3 aromatic carbocycles. The van der Waals surface area contributed by atoms with Crippen LogP contribution in [0.5, 0.6) is 16.7 Å². The fourth-order valence-electron chi connectivity index (χ4n) is 4.19. The lowest BCUT2D eigenvalue weighted by Gasteiger charge is -2.11. The summed E-state index contributed by atoms with van der Waals surface area (Å²) in [5, 5.41) is 8.63. The van der Waals surface area contributed by atoms with Crippen LogP contribution in [0, 0.1) is 0 Å². The van der Waals surface area contributed by atoms with Gasteiger partial charge in [0.15, 0.2) is 5.76 Å². The van der Waals surface area contributed by atoms with E-state index >= 15 is 0 Å². The Morgan fingerprint density at radius 1 is 1.00 bits per heavy atom. The van der Waals surface area contributed by atoms with Crippen LogP contribution < -0.4 is 19.5 Å². The van der Waals surface area contributed by atoms with Crippen LogP contribution in [-0.2, 0) is 13.2 Å². The average molecular weight is 541 g/mol. The van der Waals surface area contributed by atoms with E-state index in [1.165, 1.54) is 11.3 Å². The largest absolute Gasteiger partial charge is 0.496 e. The summed E-state index contributed by atoms with van der Waals surface area (Å²) in [5.41, 5.74) is 3.86. The Kier molecular flexibility index (Phi) is 6.60. The summed E-state index contributed by atoms with van der Waals surface area (Å²) in [6.07, 6.45) is 1.80. The second-order valence-electron chi connectivity index (χ2n) is 8.73. The van der Waals surface area contributed by atoms with Crippen molar-refractivity contribution in [3.63, 3.8) is 0 Å². The number of furan rings is 1. The summed E-state index contributed by atoms with van der Waals surface area (Å²) in [4.78, 5) is 17.7. The Hall–Kier alpha value is -4.83. The SMILES string of the molecule is COc1cc(OCc2cccc(CNC(=O)c3ccccc3)c2)c2cc(-c3cn4nc(OC)sc4n3)oc2c1. The van der Waals surface area contributed by atoms with Crippen molar-refractivity contribution in [2.75, 3.05) is 14.2 Å². The van der Waals surface area contributed by atoms with Crippen molar-refractivity contribution in [1.82, 2.24) is 19.9 Å². The first-order chi connectivity index (χ1) is 19.1. The molecule has 6 aromatic rings. The Bertz CT molecular complexity index is 1740. The van der Waals surface area contributed by atoms with E-state index in [0.29, 0.717) is 57.4 Å². The molecular formula is C29H24N4O5S. The maximum atomic E-state index is 12.4. The van der Waals surface area contributed by atoms with Gasteiger partial charge in [-0.25, -0.2) is 9.50 Å². The molecule has 0 saturated heterocycles. The summed E-state index contributed by atoms with van der Waals surface area (Å²) >= 11 is 1.35. The van der Waals surface area contributed by atoms with Crippen LogP contribution in [0.2, 0.25) is 0 Å². The van der Waals surface area contributed by atoms with E-state index in [9.17, 15) is 4.79 Å². The number of nitrogens with one attached hydrogen (secondary N) is 1. The normalized spacial score (nSPS) is 11.1. The molecule has 0 atom stereocenters. The zero-order valence-electron chi connectivity index (χ0n) is 21.2. The van der Waals surface area contributed by atoms with Crippen LogP contribution in [0.4, 0.5) is 0 Å². The van der Waals surface area contributed by atoms with Crippen molar-refractivity contribution >= 4 is 33.2 Å². The molecule has 1 amide bonds. The molecule has 0 unspecified atom stereocenters. The molecule has 0 aliphatic carbocycles. The van der Waals surface area contributed by atoms with E-state index in [-0.39, 0.29) is 5.91 Å². The molecule has 1 N–H and O–H groups in total. The average Bonchev–Trinajstić information content (AvgIpc) is 3.68. The van der Waals surface area contributed by atoms with Gasteiger partial charge in [-0.1, -0.05) is 42.5 Å². The Morgan fingerprint density at radius 3 is 2.64 bits per heavy atom. The van der Waals surface area contributed by atoms with Crippen molar-refractivity contribution in [2.45, 2.75) is 13.2 Å². The first-order valence-corrected chi connectivity index (χ1v) is 13.0. The highest BCUT2D eigenvalue weighted by molar-refractivity contribution is 7.18. The van der Waals surface area contributed by atoms with E-state index in [1.807, 2.05) is 60.7 Å². The topological polar surface area (TPSA) is 100 Å². The third-order valence-electron chi connectivity index (χ3n) is 6.14. The number of hydrogen-bond acceptors (Lipinski definition) is 8. The predicted molar refractivity (Wildman–Crippen MR) is 148 cm³/mol. The van der Waals surface area contributed by atoms with Gasteiger partial charge in [0, 0.05) is 24.2 Å². The number of nitrogens with zero attached hydrogens (tertiary/aromatic N) is 3. The third-order valence-corrected chi connectivity index (χ3v) is 7.02. The van der Waals surface area contributed by atoms with Gasteiger partial charge < -0.3 is 23.9 Å². The monoisotopic (exact) mass is 540 g/mol. The van der Waals surface area contributed by atoms with Crippen LogP contribution in [0.1, 0.15) is 21.5 Å². The summed E-state index contributed by atoms with van der Waals surface area (Å²) in [6.45, 7) is 0.742. The van der Waals surface area contributed by atoms with E-state index < -0.39 is 0 Å². The van der Waals surface area contributed by atoms with Crippen LogP contribution in [0.15, 0.2) is 83.4 Å². The number of amides is 1. The molecule has 196 valence electrons. The van der Waals surface area contributed by atoms with Gasteiger partial charge in [0.05, 0.1) is 25.8 Å². The van der Waals surface area contributed by atoms with Crippen molar-refractivity contribution in [2.24, 2.45) is 0 Å². The van der Waals surface area contributed by atoms with Crippen molar-refractivity contribution in [3.8, 4) is 28.1 Å². The van der Waals surface area contributed by atoms with Crippen LogP contribution in [-0.4, -0.2) is 34.7 Å². The molecule has 3 aromatic heterocycles. The standard InChI is InChI=1S/C29H24N4O5S/c1-35-21-12-24(22-14-26(38-25(22)13-21)23-16-33-28(31-23)39-29(32-33)36-2)37-17-19-8-6-7-18(11-19)15-30-27(34)20-9-4-3-5-10-20/h3-14,16H,15,17H2,1-2H3,(H,30,34). The number of carbonyl (C=O) groups excluding carboxylic acids is 1. The van der Waals surface area contributed by atoms with E-state index in [2.05, 4.69) is 15.4 Å². The van der Waals surface area contributed by atoms with Gasteiger partial charge in [0.2, 0.25) is 4.96 Å². The molecule has 9 nitrogen and oxygen atoms in total. The molecule has 6 rings (SSSR count). The van der Waals surface area contributed by atoms with Crippen molar-refractivity contribution in [3.05, 3.63) is 95.7 Å². The van der Waals surface area contributed by atoms with Crippen LogP contribution in [0.3, 0.4) is 0 Å². The fraction of sp³-hybridized carbons (Fsp3) is 0.138. The van der Waals surface area contributed by atoms with Gasteiger partial charge >= 0.3 is 0 Å². The number of rotatable bonds is 9. The van der Waals surface area contributed by atoms with E-state index in [1.54, 1.807) is 37.1 Å². The second-order valence-corrected chi connectivity index (χ2v) is 9.65. The number of imidazole rings is 1. The minimum atomic E-state index is -0.112. The highest BCUT2D eigenvalue weighted by atomic mass is 32.1. The highest BCUT2D eigenvalue weighted by Crippen LogP contribution is 2.37. The van der Waals surface area contributed by atoms with Crippen LogP contribution in [0.25, 0.3) is 27.4 Å². The lowest BCUT2D eigenvalue weighted by molar-refractivity contribution is 0.0951. The maximum absolute atomic E-state index is 12.4. The van der Waals surface area contributed by atoms with Gasteiger partial charge in [-0.3, -0.25) is 4.79 Å². The molecule has 0 spiro atoms.